The highest BCUT2D eigenvalue weighted by Crippen LogP contribution is 2.27. The minimum absolute atomic E-state index is 0.148. The van der Waals surface area contributed by atoms with E-state index >= 15 is 0 Å². The second-order valence-corrected chi connectivity index (χ2v) is 7.31. The first-order valence-electron chi connectivity index (χ1n) is 10.3. The van der Waals surface area contributed by atoms with Crippen molar-refractivity contribution >= 4 is 11.6 Å². The molecule has 0 bridgehead atoms. The van der Waals surface area contributed by atoms with E-state index in [1.807, 2.05) is 24.3 Å². The van der Waals surface area contributed by atoms with Gasteiger partial charge in [0.1, 0.15) is 12.4 Å². The molecular formula is C24H30N2O4. The molecule has 1 aliphatic rings. The van der Waals surface area contributed by atoms with Crippen molar-refractivity contribution in [1.29, 1.82) is 0 Å². The SMILES string of the molecule is COCN=C(C(=O)NCCc1ccc(OC)c(OC)c1)c1ccc2c(c1)CCCC2. The number of methoxy groups -OCH3 is 3. The zero-order chi connectivity index (χ0) is 21.3. The molecule has 30 heavy (non-hydrogen) atoms. The van der Waals surface area contributed by atoms with E-state index in [4.69, 9.17) is 14.2 Å². The summed E-state index contributed by atoms with van der Waals surface area (Å²) in [7, 11) is 4.79. The zero-order valence-electron chi connectivity index (χ0n) is 18.0. The van der Waals surface area contributed by atoms with Crippen LogP contribution in [-0.4, -0.2) is 46.2 Å². The van der Waals surface area contributed by atoms with Crippen molar-refractivity contribution < 1.29 is 19.0 Å². The number of ether oxygens (including phenoxy) is 3. The van der Waals surface area contributed by atoms with Gasteiger partial charge in [0.05, 0.1) is 14.2 Å². The quantitative estimate of drug-likeness (QED) is 0.644. The number of carbonyl (C=O) groups is 1. The fraction of sp³-hybridized carbons (Fsp3) is 0.417. The van der Waals surface area contributed by atoms with Crippen LogP contribution in [0.25, 0.3) is 0 Å². The van der Waals surface area contributed by atoms with Crippen LogP contribution < -0.4 is 14.8 Å². The maximum Gasteiger partial charge on any atom is 0.270 e. The van der Waals surface area contributed by atoms with Gasteiger partial charge in [-0.3, -0.25) is 9.79 Å². The number of fused-ring (bicyclic) bond motifs is 1. The molecule has 0 fully saturated rings. The lowest BCUT2D eigenvalue weighted by molar-refractivity contribution is -0.114. The van der Waals surface area contributed by atoms with Crippen LogP contribution >= 0.6 is 0 Å². The molecule has 0 spiro atoms. The van der Waals surface area contributed by atoms with Crippen molar-refractivity contribution in [2.45, 2.75) is 32.1 Å². The fourth-order valence-electron chi connectivity index (χ4n) is 3.74. The monoisotopic (exact) mass is 410 g/mol. The molecule has 3 rings (SSSR count). The molecule has 2 aromatic rings. The summed E-state index contributed by atoms with van der Waals surface area (Å²) in [6.07, 6.45) is 5.26. The molecule has 0 saturated heterocycles. The van der Waals surface area contributed by atoms with E-state index in [0.717, 1.165) is 24.0 Å². The number of nitrogens with one attached hydrogen (secondary N) is 1. The van der Waals surface area contributed by atoms with Crippen molar-refractivity contribution in [3.8, 4) is 11.5 Å². The second-order valence-electron chi connectivity index (χ2n) is 7.31. The number of hydrogen-bond donors (Lipinski definition) is 1. The highest BCUT2D eigenvalue weighted by atomic mass is 16.5. The molecule has 6 heteroatoms. The second kappa shape index (κ2) is 10.8. The minimum atomic E-state index is -0.191. The predicted octanol–water partition coefficient (Wildman–Crippen LogP) is 3.33. The Hall–Kier alpha value is -2.86. The van der Waals surface area contributed by atoms with Crippen LogP contribution in [0.5, 0.6) is 11.5 Å². The van der Waals surface area contributed by atoms with Gasteiger partial charge in [0, 0.05) is 19.2 Å². The summed E-state index contributed by atoms with van der Waals surface area (Å²) < 4.78 is 15.7. The Labute approximate surface area is 178 Å². The number of amides is 1. The third kappa shape index (κ3) is 5.39. The lowest BCUT2D eigenvalue weighted by Gasteiger charge is -2.17. The highest BCUT2D eigenvalue weighted by molar-refractivity contribution is 6.45. The maximum atomic E-state index is 12.9. The molecular weight excluding hydrogens is 380 g/mol. The van der Waals surface area contributed by atoms with Gasteiger partial charge in [-0.1, -0.05) is 18.2 Å². The smallest absolute Gasteiger partial charge is 0.270 e. The molecule has 0 heterocycles. The molecule has 0 atom stereocenters. The van der Waals surface area contributed by atoms with Crippen LogP contribution in [0.4, 0.5) is 0 Å². The third-order valence-corrected chi connectivity index (χ3v) is 5.34. The summed E-state index contributed by atoms with van der Waals surface area (Å²) in [6, 6.07) is 12.0. The van der Waals surface area contributed by atoms with Gasteiger partial charge >= 0.3 is 0 Å². The Kier molecular flexibility index (Phi) is 7.85. The summed E-state index contributed by atoms with van der Waals surface area (Å²) in [6.45, 7) is 0.640. The van der Waals surface area contributed by atoms with Crippen molar-refractivity contribution in [3.05, 3.63) is 58.7 Å². The molecule has 1 N–H and O–H groups in total. The Bertz CT molecular complexity index is 908. The van der Waals surface area contributed by atoms with Gasteiger partial charge in [-0.25, -0.2) is 0 Å². The van der Waals surface area contributed by atoms with Crippen LogP contribution in [0, 0.1) is 0 Å². The van der Waals surface area contributed by atoms with Gasteiger partial charge in [0.2, 0.25) is 0 Å². The molecule has 1 amide bonds. The summed E-state index contributed by atoms with van der Waals surface area (Å²) >= 11 is 0. The fourth-order valence-corrected chi connectivity index (χ4v) is 3.74. The summed E-state index contributed by atoms with van der Waals surface area (Å²) in [4.78, 5) is 17.3. The Morgan fingerprint density at radius 2 is 1.73 bits per heavy atom. The average molecular weight is 411 g/mol. The van der Waals surface area contributed by atoms with Crippen LogP contribution in [-0.2, 0) is 28.8 Å². The molecule has 2 aromatic carbocycles. The van der Waals surface area contributed by atoms with E-state index in [0.29, 0.717) is 30.2 Å². The average Bonchev–Trinajstić information content (AvgIpc) is 2.79. The molecule has 0 radical (unpaired) electrons. The number of carbonyl (C=O) groups excluding carboxylic acids is 1. The summed E-state index contributed by atoms with van der Waals surface area (Å²) in [5, 5.41) is 2.99. The molecule has 0 saturated carbocycles. The highest BCUT2D eigenvalue weighted by Gasteiger charge is 2.17. The van der Waals surface area contributed by atoms with Gasteiger partial charge < -0.3 is 19.5 Å². The number of rotatable bonds is 9. The van der Waals surface area contributed by atoms with Gasteiger partial charge in [-0.2, -0.15) is 0 Å². The van der Waals surface area contributed by atoms with E-state index in [1.165, 1.54) is 24.0 Å². The molecule has 0 aliphatic heterocycles. The number of aliphatic imine (C=N–C) groups is 1. The van der Waals surface area contributed by atoms with Crippen molar-refractivity contribution in [2.75, 3.05) is 34.6 Å². The Morgan fingerprint density at radius 3 is 2.47 bits per heavy atom. The molecule has 1 aliphatic carbocycles. The van der Waals surface area contributed by atoms with Crippen LogP contribution in [0.2, 0.25) is 0 Å². The number of nitrogens with zero attached hydrogens (tertiary/aromatic N) is 1. The van der Waals surface area contributed by atoms with E-state index in [9.17, 15) is 4.79 Å². The summed E-state index contributed by atoms with van der Waals surface area (Å²) in [5.41, 5.74) is 5.01. The van der Waals surface area contributed by atoms with Gasteiger partial charge in [0.25, 0.3) is 5.91 Å². The largest absolute Gasteiger partial charge is 0.493 e. The Morgan fingerprint density at radius 1 is 0.967 bits per heavy atom. The van der Waals surface area contributed by atoms with Gasteiger partial charge in [-0.05, 0) is 67.0 Å². The normalized spacial score (nSPS) is 13.5. The number of benzene rings is 2. The van der Waals surface area contributed by atoms with E-state index < -0.39 is 0 Å². The van der Waals surface area contributed by atoms with Crippen molar-refractivity contribution in [2.24, 2.45) is 4.99 Å². The topological polar surface area (TPSA) is 69.2 Å². The van der Waals surface area contributed by atoms with Crippen LogP contribution in [0.1, 0.15) is 35.1 Å². The van der Waals surface area contributed by atoms with Gasteiger partial charge in [0.15, 0.2) is 11.5 Å². The molecule has 160 valence electrons. The molecule has 6 nitrogen and oxygen atoms in total. The predicted molar refractivity (Wildman–Crippen MR) is 118 cm³/mol. The zero-order valence-corrected chi connectivity index (χ0v) is 18.0. The lowest BCUT2D eigenvalue weighted by atomic mass is 9.89. The van der Waals surface area contributed by atoms with Crippen LogP contribution in [0.3, 0.4) is 0 Å². The number of hydrogen-bond acceptors (Lipinski definition) is 5. The third-order valence-electron chi connectivity index (χ3n) is 5.34. The van der Waals surface area contributed by atoms with E-state index in [1.54, 1.807) is 21.3 Å². The van der Waals surface area contributed by atoms with E-state index in [2.05, 4.69) is 22.4 Å². The van der Waals surface area contributed by atoms with Crippen molar-refractivity contribution in [3.63, 3.8) is 0 Å². The first-order chi connectivity index (χ1) is 14.7. The molecule has 0 unspecified atom stereocenters. The van der Waals surface area contributed by atoms with E-state index in [-0.39, 0.29) is 12.6 Å². The first kappa shape index (κ1) is 21.8. The number of aryl methyl sites for hydroxylation is 2. The van der Waals surface area contributed by atoms with Crippen LogP contribution in [0.15, 0.2) is 41.4 Å². The first-order valence-corrected chi connectivity index (χ1v) is 10.3. The van der Waals surface area contributed by atoms with Gasteiger partial charge in [-0.15, -0.1) is 0 Å². The Balaban J connectivity index is 1.68. The molecule has 0 aromatic heterocycles. The minimum Gasteiger partial charge on any atom is -0.493 e. The summed E-state index contributed by atoms with van der Waals surface area (Å²) in [5.74, 6) is 1.17. The lowest BCUT2D eigenvalue weighted by Crippen LogP contribution is -2.33. The standard InChI is InChI=1S/C24H30N2O4/c1-28-16-26-23(20-10-9-18-6-4-5-7-19(18)15-20)24(27)25-13-12-17-8-11-21(29-2)22(14-17)30-3/h8-11,14-15H,4-7,12-13,16H2,1-3H3,(H,25,27). The van der Waals surface area contributed by atoms with Crippen molar-refractivity contribution in [1.82, 2.24) is 5.32 Å². The maximum absolute atomic E-state index is 12.9.